The molecule has 3 rings (SSSR count). The van der Waals surface area contributed by atoms with Crippen LogP contribution in [0.5, 0.6) is 0 Å². The summed E-state index contributed by atoms with van der Waals surface area (Å²) < 4.78 is 5.55. The number of carbonyl (C=O) groups excluding carboxylic acids is 1. The summed E-state index contributed by atoms with van der Waals surface area (Å²) in [4.78, 5) is 11.4. The molecule has 4 atom stereocenters. The molecule has 15 heavy (non-hydrogen) atoms. The van der Waals surface area contributed by atoms with Crippen molar-refractivity contribution in [3.05, 3.63) is 0 Å². The molecule has 1 saturated heterocycles. The summed E-state index contributed by atoms with van der Waals surface area (Å²) in [5.74, 6) is 2.05. The highest BCUT2D eigenvalue weighted by molar-refractivity contribution is 5.79. The molecule has 0 bridgehead atoms. The number of carbonyl (C=O) groups is 1. The van der Waals surface area contributed by atoms with Gasteiger partial charge in [-0.25, -0.2) is 0 Å². The van der Waals surface area contributed by atoms with Crippen molar-refractivity contribution in [3.8, 4) is 0 Å². The third-order valence-corrected chi connectivity index (χ3v) is 4.36. The lowest BCUT2D eigenvalue weighted by Crippen LogP contribution is -2.21. The first-order valence-electron chi connectivity index (χ1n) is 6.48. The van der Waals surface area contributed by atoms with Crippen molar-refractivity contribution < 1.29 is 9.53 Å². The molecular weight excluding hydrogens is 188 g/mol. The van der Waals surface area contributed by atoms with Crippen LogP contribution in [0.25, 0.3) is 0 Å². The molecule has 3 aliphatic rings. The lowest BCUT2D eigenvalue weighted by Gasteiger charge is -2.26. The summed E-state index contributed by atoms with van der Waals surface area (Å²) in [6.45, 7) is 0. The molecular formula is C13H20O2. The van der Waals surface area contributed by atoms with Crippen molar-refractivity contribution in [1.82, 2.24) is 0 Å². The van der Waals surface area contributed by atoms with E-state index in [0.29, 0.717) is 23.9 Å². The summed E-state index contributed by atoms with van der Waals surface area (Å²) in [7, 11) is 0. The molecule has 0 aromatic carbocycles. The Balaban J connectivity index is 1.49. The number of ketones is 1. The molecule has 2 heteroatoms. The van der Waals surface area contributed by atoms with Crippen LogP contribution in [0.1, 0.15) is 51.4 Å². The average molecular weight is 208 g/mol. The van der Waals surface area contributed by atoms with E-state index in [4.69, 9.17) is 4.74 Å². The normalized spacial score (nSPS) is 44.9. The van der Waals surface area contributed by atoms with Crippen molar-refractivity contribution in [2.24, 2.45) is 11.8 Å². The third kappa shape index (κ3) is 2.25. The fourth-order valence-corrected chi connectivity index (χ4v) is 3.49. The molecule has 3 fully saturated rings. The van der Waals surface area contributed by atoms with E-state index < -0.39 is 0 Å². The molecule has 0 aromatic rings. The zero-order valence-electron chi connectivity index (χ0n) is 9.28. The first kappa shape index (κ1) is 9.83. The maximum absolute atomic E-state index is 11.4. The Morgan fingerprint density at radius 1 is 1.13 bits per heavy atom. The fourth-order valence-electron chi connectivity index (χ4n) is 3.49. The van der Waals surface area contributed by atoms with Crippen LogP contribution in [0.4, 0.5) is 0 Å². The van der Waals surface area contributed by atoms with Gasteiger partial charge in [-0.15, -0.1) is 0 Å². The van der Waals surface area contributed by atoms with E-state index in [1.807, 2.05) is 0 Å². The number of hydrogen-bond donors (Lipinski definition) is 0. The van der Waals surface area contributed by atoms with Gasteiger partial charge in [0.2, 0.25) is 0 Å². The minimum Gasteiger partial charge on any atom is -0.370 e. The van der Waals surface area contributed by atoms with Crippen LogP contribution in [0.2, 0.25) is 0 Å². The molecule has 2 aliphatic carbocycles. The van der Waals surface area contributed by atoms with Crippen LogP contribution in [-0.2, 0) is 9.53 Å². The molecule has 0 spiro atoms. The van der Waals surface area contributed by atoms with Gasteiger partial charge in [0, 0.05) is 12.8 Å². The van der Waals surface area contributed by atoms with Crippen LogP contribution in [0, 0.1) is 11.8 Å². The van der Waals surface area contributed by atoms with Crippen LogP contribution in [0.15, 0.2) is 0 Å². The van der Waals surface area contributed by atoms with E-state index in [2.05, 4.69) is 0 Å². The summed E-state index contributed by atoms with van der Waals surface area (Å²) in [5, 5.41) is 0. The van der Waals surface area contributed by atoms with Gasteiger partial charge in [-0.1, -0.05) is 0 Å². The highest BCUT2D eigenvalue weighted by Gasteiger charge is 2.44. The summed E-state index contributed by atoms with van der Waals surface area (Å²) >= 11 is 0. The Morgan fingerprint density at radius 3 is 2.87 bits per heavy atom. The van der Waals surface area contributed by atoms with E-state index in [9.17, 15) is 4.79 Å². The number of rotatable bonds is 2. The highest BCUT2D eigenvalue weighted by Crippen LogP contribution is 2.42. The van der Waals surface area contributed by atoms with E-state index in [0.717, 1.165) is 25.2 Å². The quantitative estimate of drug-likeness (QED) is 0.653. The maximum atomic E-state index is 11.4. The second-order valence-electron chi connectivity index (χ2n) is 5.63. The van der Waals surface area contributed by atoms with E-state index in [1.54, 1.807) is 0 Å². The lowest BCUT2D eigenvalue weighted by atomic mass is 9.77. The fraction of sp³-hybridized carbons (Fsp3) is 0.923. The Hall–Kier alpha value is -0.370. The zero-order chi connectivity index (χ0) is 10.3. The summed E-state index contributed by atoms with van der Waals surface area (Å²) in [5.41, 5.74) is 0. The monoisotopic (exact) mass is 208 g/mol. The number of ether oxygens (including phenoxy) is 1. The Kier molecular flexibility index (Phi) is 2.55. The number of fused-ring (bicyclic) bond motifs is 1. The van der Waals surface area contributed by atoms with Gasteiger partial charge in [0.15, 0.2) is 0 Å². The van der Waals surface area contributed by atoms with Gasteiger partial charge in [0.25, 0.3) is 0 Å². The van der Waals surface area contributed by atoms with Gasteiger partial charge in [0.05, 0.1) is 12.2 Å². The van der Waals surface area contributed by atoms with Crippen molar-refractivity contribution in [2.75, 3.05) is 0 Å². The molecule has 0 amide bonds. The predicted molar refractivity (Wildman–Crippen MR) is 57.6 cm³/mol. The van der Waals surface area contributed by atoms with Gasteiger partial charge in [-0.2, -0.15) is 0 Å². The number of epoxide rings is 1. The minimum absolute atomic E-state index is 0.502. The Morgan fingerprint density at radius 2 is 2.07 bits per heavy atom. The minimum atomic E-state index is 0.502. The van der Waals surface area contributed by atoms with E-state index in [1.165, 1.54) is 32.1 Å². The van der Waals surface area contributed by atoms with Crippen molar-refractivity contribution >= 4 is 5.78 Å². The molecule has 0 N–H and O–H groups in total. The number of hydrogen-bond acceptors (Lipinski definition) is 2. The molecule has 2 nitrogen and oxygen atoms in total. The van der Waals surface area contributed by atoms with Crippen LogP contribution in [-0.4, -0.2) is 18.0 Å². The largest absolute Gasteiger partial charge is 0.370 e. The van der Waals surface area contributed by atoms with Crippen molar-refractivity contribution in [1.29, 1.82) is 0 Å². The molecule has 0 radical (unpaired) electrons. The first-order valence-corrected chi connectivity index (χ1v) is 6.48. The van der Waals surface area contributed by atoms with Crippen LogP contribution in [0.3, 0.4) is 0 Å². The van der Waals surface area contributed by atoms with Gasteiger partial charge in [0.1, 0.15) is 5.78 Å². The van der Waals surface area contributed by atoms with Crippen LogP contribution < -0.4 is 0 Å². The highest BCUT2D eigenvalue weighted by atomic mass is 16.6. The molecule has 1 heterocycles. The average Bonchev–Trinajstić information content (AvgIpc) is 2.96. The third-order valence-electron chi connectivity index (χ3n) is 4.36. The van der Waals surface area contributed by atoms with E-state index in [-0.39, 0.29) is 0 Å². The maximum Gasteiger partial charge on any atom is 0.133 e. The van der Waals surface area contributed by atoms with Crippen molar-refractivity contribution in [3.63, 3.8) is 0 Å². The van der Waals surface area contributed by atoms with Crippen molar-refractivity contribution in [2.45, 2.75) is 63.6 Å². The molecule has 84 valence electrons. The Bertz CT molecular complexity index is 261. The first-order chi connectivity index (χ1) is 7.31. The van der Waals surface area contributed by atoms with Gasteiger partial charge >= 0.3 is 0 Å². The number of Topliss-reactive ketones (excluding diaryl/α,β-unsaturated/α-hetero) is 1. The second kappa shape index (κ2) is 3.89. The van der Waals surface area contributed by atoms with Crippen LogP contribution >= 0.6 is 0 Å². The topological polar surface area (TPSA) is 29.6 Å². The molecule has 2 saturated carbocycles. The summed E-state index contributed by atoms with van der Waals surface area (Å²) in [6, 6.07) is 0. The zero-order valence-corrected chi connectivity index (χ0v) is 9.28. The van der Waals surface area contributed by atoms with Gasteiger partial charge in [-0.3, -0.25) is 4.79 Å². The lowest BCUT2D eigenvalue weighted by molar-refractivity contribution is -0.121. The standard InChI is InChI=1S/C13H20O2/c14-11-3-1-2-9(7-11)6-10-4-5-12-13(8-10)15-12/h9-10,12-13H,1-8H2. The Labute approximate surface area is 91.4 Å². The predicted octanol–water partition coefficient (Wildman–Crippen LogP) is 2.70. The SMILES string of the molecule is O=C1CCCC(CC2CCC3OC3C2)C1. The van der Waals surface area contributed by atoms with E-state index >= 15 is 0 Å². The molecule has 1 aliphatic heterocycles. The smallest absolute Gasteiger partial charge is 0.133 e. The summed E-state index contributed by atoms with van der Waals surface area (Å²) in [6.07, 6.45) is 10.5. The molecule has 4 unspecified atom stereocenters. The second-order valence-corrected chi connectivity index (χ2v) is 5.63. The van der Waals surface area contributed by atoms with Gasteiger partial charge < -0.3 is 4.74 Å². The molecule has 0 aromatic heterocycles. The van der Waals surface area contributed by atoms with Gasteiger partial charge in [-0.05, 0) is 50.4 Å².